The van der Waals surface area contributed by atoms with Gasteiger partial charge in [-0.05, 0) is 48.1 Å². The van der Waals surface area contributed by atoms with Crippen molar-refractivity contribution in [3.8, 4) is 5.75 Å². The maximum atomic E-state index is 12.7. The molecule has 0 amide bonds. The number of nitrogens with zero attached hydrogens (tertiary/aromatic N) is 4. The van der Waals surface area contributed by atoms with E-state index in [1.54, 1.807) is 13.2 Å². The molecular weight excluding hydrogens is 526 g/mol. The van der Waals surface area contributed by atoms with Gasteiger partial charge in [0, 0.05) is 51.5 Å². The third-order valence-corrected chi connectivity index (χ3v) is 7.54. The number of aromatic nitrogens is 3. The van der Waals surface area contributed by atoms with Gasteiger partial charge in [0.25, 0.3) is 5.56 Å². The van der Waals surface area contributed by atoms with Gasteiger partial charge in [0.1, 0.15) is 5.75 Å². The Morgan fingerprint density at radius 2 is 1.81 bits per heavy atom. The highest BCUT2D eigenvalue weighted by atomic mass is 16.5. The SMILES string of the molecule is CC.CC/C=C(/Nc1cnccc1N1CCNCC1)c1cc(=O)[nH]c(N2Cc3cc(C)c(OC)cc3C2)n1.CC1CC1. The van der Waals surface area contributed by atoms with Crippen LogP contribution in [0.3, 0.4) is 0 Å². The van der Waals surface area contributed by atoms with Gasteiger partial charge < -0.3 is 25.2 Å². The fourth-order valence-corrected chi connectivity index (χ4v) is 5.05. The highest BCUT2D eigenvalue weighted by Gasteiger charge is 2.24. The summed E-state index contributed by atoms with van der Waals surface area (Å²) in [5.41, 5.74) is 6.72. The van der Waals surface area contributed by atoms with Crippen molar-refractivity contribution in [3.05, 3.63) is 75.5 Å². The molecule has 0 radical (unpaired) electrons. The van der Waals surface area contributed by atoms with Crippen LogP contribution in [-0.2, 0) is 13.1 Å². The molecular formula is C33H47N7O2. The Labute approximate surface area is 250 Å². The van der Waals surface area contributed by atoms with Crippen LogP contribution < -0.4 is 30.7 Å². The first-order valence-electron chi connectivity index (χ1n) is 15.3. The highest BCUT2D eigenvalue weighted by Crippen LogP contribution is 2.32. The number of rotatable bonds is 7. The second kappa shape index (κ2) is 14.9. The number of benzene rings is 1. The van der Waals surface area contributed by atoms with Crippen LogP contribution in [0.4, 0.5) is 17.3 Å². The number of hydrogen-bond donors (Lipinski definition) is 3. The number of H-pyrrole nitrogens is 1. The monoisotopic (exact) mass is 573 g/mol. The van der Waals surface area contributed by atoms with Gasteiger partial charge in [-0.2, -0.15) is 0 Å². The van der Waals surface area contributed by atoms with Gasteiger partial charge >= 0.3 is 0 Å². The molecule has 0 spiro atoms. The fourth-order valence-electron chi connectivity index (χ4n) is 5.05. The molecule has 2 aliphatic heterocycles. The molecule has 3 aliphatic rings. The molecule has 6 rings (SSSR count). The summed E-state index contributed by atoms with van der Waals surface area (Å²) in [5, 5.41) is 6.93. The predicted octanol–water partition coefficient (Wildman–Crippen LogP) is 5.72. The Kier molecular flexibility index (Phi) is 11.0. The number of aromatic amines is 1. The van der Waals surface area contributed by atoms with Crippen molar-refractivity contribution in [2.45, 2.75) is 67.0 Å². The number of methoxy groups -OCH3 is 1. The molecule has 0 bridgehead atoms. The minimum atomic E-state index is -0.183. The van der Waals surface area contributed by atoms with E-state index in [-0.39, 0.29) is 5.56 Å². The lowest BCUT2D eigenvalue weighted by Gasteiger charge is -2.31. The second-order valence-electron chi connectivity index (χ2n) is 10.9. The van der Waals surface area contributed by atoms with Crippen LogP contribution in [0.1, 0.15) is 69.3 Å². The van der Waals surface area contributed by atoms with Crippen LogP contribution >= 0.6 is 0 Å². The van der Waals surface area contributed by atoms with Crippen molar-refractivity contribution in [1.29, 1.82) is 0 Å². The van der Waals surface area contributed by atoms with Crippen LogP contribution in [0.2, 0.25) is 0 Å². The number of pyridine rings is 1. The molecule has 0 atom stereocenters. The third-order valence-electron chi connectivity index (χ3n) is 7.54. The number of anilines is 3. The molecule has 9 heteroatoms. The number of ether oxygens (including phenoxy) is 1. The first kappa shape index (κ1) is 31.1. The van der Waals surface area contributed by atoms with E-state index in [9.17, 15) is 4.79 Å². The van der Waals surface area contributed by atoms with Crippen LogP contribution in [0.5, 0.6) is 5.75 Å². The second-order valence-corrected chi connectivity index (χ2v) is 10.9. The largest absolute Gasteiger partial charge is 0.496 e. The van der Waals surface area contributed by atoms with Crippen LogP contribution in [0.15, 0.2) is 47.5 Å². The zero-order valence-corrected chi connectivity index (χ0v) is 26.1. The van der Waals surface area contributed by atoms with Gasteiger partial charge in [0.2, 0.25) is 5.95 Å². The van der Waals surface area contributed by atoms with Crippen LogP contribution in [-0.4, -0.2) is 48.2 Å². The van der Waals surface area contributed by atoms with Crippen LogP contribution in [0.25, 0.3) is 5.70 Å². The van der Waals surface area contributed by atoms with E-state index in [0.717, 1.165) is 66.9 Å². The lowest BCUT2D eigenvalue weighted by atomic mass is 10.1. The summed E-state index contributed by atoms with van der Waals surface area (Å²) in [4.78, 5) is 29.4. The summed E-state index contributed by atoms with van der Waals surface area (Å²) in [6, 6.07) is 7.82. The Balaban J connectivity index is 0.000000612. The minimum Gasteiger partial charge on any atom is -0.496 e. The molecule has 1 saturated carbocycles. The molecule has 1 aromatic carbocycles. The molecule has 4 heterocycles. The summed E-state index contributed by atoms with van der Waals surface area (Å²) < 4.78 is 5.50. The fraction of sp³-hybridized carbons (Fsp3) is 0.485. The molecule has 1 aliphatic carbocycles. The van der Waals surface area contributed by atoms with E-state index in [1.165, 1.54) is 24.0 Å². The Morgan fingerprint density at radius 3 is 2.45 bits per heavy atom. The number of piperazine rings is 1. The van der Waals surface area contributed by atoms with Crippen molar-refractivity contribution < 1.29 is 4.74 Å². The maximum absolute atomic E-state index is 12.7. The highest BCUT2D eigenvalue weighted by molar-refractivity contribution is 5.82. The molecule has 9 nitrogen and oxygen atoms in total. The third kappa shape index (κ3) is 7.91. The van der Waals surface area contributed by atoms with Crippen molar-refractivity contribution in [2.75, 3.05) is 48.4 Å². The summed E-state index contributed by atoms with van der Waals surface area (Å²) in [5.74, 6) is 2.52. The molecule has 226 valence electrons. The van der Waals surface area contributed by atoms with Gasteiger partial charge in [-0.1, -0.05) is 52.7 Å². The molecule has 2 fully saturated rings. The van der Waals surface area contributed by atoms with E-state index in [2.05, 4.69) is 62.5 Å². The topological polar surface area (TPSA) is 98.4 Å². The molecule has 42 heavy (non-hydrogen) atoms. The average molecular weight is 574 g/mol. The van der Waals surface area contributed by atoms with Gasteiger partial charge in [-0.3, -0.25) is 14.8 Å². The predicted molar refractivity (Wildman–Crippen MR) is 173 cm³/mol. The van der Waals surface area contributed by atoms with Gasteiger partial charge in [0.05, 0.1) is 36.1 Å². The number of fused-ring (bicyclic) bond motifs is 1. The van der Waals surface area contributed by atoms with Crippen molar-refractivity contribution in [2.24, 2.45) is 5.92 Å². The Bertz CT molecular complexity index is 1410. The Hall–Kier alpha value is -3.85. The van der Waals surface area contributed by atoms with Crippen molar-refractivity contribution in [3.63, 3.8) is 0 Å². The number of hydrogen-bond acceptors (Lipinski definition) is 8. The maximum Gasteiger partial charge on any atom is 0.252 e. The molecule has 0 unspecified atom stereocenters. The summed E-state index contributed by atoms with van der Waals surface area (Å²) in [6.45, 7) is 15.5. The zero-order valence-electron chi connectivity index (χ0n) is 26.1. The quantitative estimate of drug-likeness (QED) is 0.330. The van der Waals surface area contributed by atoms with E-state index in [4.69, 9.17) is 9.72 Å². The smallest absolute Gasteiger partial charge is 0.252 e. The molecule has 3 aromatic rings. The van der Waals surface area contributed by atoms with Gasteiger partial charge in [-0.15, -0.1) is 0 Å². The van der Waals surface area contributed by atoms with Gasteiger partial charge in [0.15, 0.2) is 0 Å². The van der Waals surface area contributed by atoms with Gasteiger partial charge in [-0.25, -0.2) is 4.98 Å². The standard InChI is InChI=1S/C27H33N7O2.C4H8.C2H6/c1-4-5-21(30-23-15-29-7-6-24(23)33-10-8-28-9-11-33)22-14-26(35)32-27(31-22)34-16-19-12-18(2)25(36-3)13-20(19)17-34;1-4-2-3-4;1-2/h5-7,12-15,28,30H,4,8-11,16-17H2,1-3H3,(H,31,32,35);4H,2-3H2,1H3;1-2H3/b21-5+;;. The molecule has 2 aromatic heterocycles. The summed E-state index contributed by atoms with van der Waals surface area (Å²) >= 11 is 0. The lowest BCUT2D eigenvalue weighted by molar-refractivity contribution is 0.411. The Morgan fingerprint density at radius 1 is 1.12 bits per heavy atom. The average Bonchev–Trinajstić information content (AvgIpc) is 3.69. The van der Waals surface area contributed by atoms with Crippen molar-refractivity contribution in [1.82, 2.24) is 20.3 Å². The van der Waals surface area contributed by atoms with Crippen molar-refractivity contribution >= 4 is 23.0 Å². The molecule has 1 saturated heterocycles. The summed E-state index contributed by atoms with van der Waals surface area (Å²) in [6.07, 6.45) is 9.48. The van der Waals surface area contributed by atoms with Crippen LogP contribution in [0, 0.1) is 12.8 Å². The van der Waals surface area contributed by atoms with E-state index in [1.807, 2.05) is 39.2 Å². The normalized spacial score (nSPS) is 16.1. The van der Waals surface area contributed by atoms with E-state index in [0.29, 0.717) is 24.7 Å². The zero-order chi connectivity index (χ0) is 30.1. The minimum absolute atomic E-state index is 0.183. The lowest BCUT2D eigenvalue weighted by Crippen LogP contribution is -2.43. The van der Waals surface area contributed by atoms with E-state index >= 15 is 0 Å². The molecule has 3 N–H and O–H groups in total. The van der Waals surface area contributed by atoms with E-state index < -0.39 is 0 Å². The summed E-state index contributed by atoms with van der Waals surface area (Å²) in [7, 11) is 1.69. The first-order valence-corrected chi connectivity index (χ1v) is 15.3. The number of nitrogens with one attached hydrogen (secondary N) is 3. The number of allylic oxidation sites excluding steroid dienone is 1. The number of aryl methyl sites for hydroxylation is 1. The first-order chi connectivity index (χ1) is 20.4.